The monoisotopic (exact) mass is 446 g/mol. The van der Waals surface area contributed by atoms with Gasteiger partial charge in [0, 0.05) is 0 Å². The van der Waals surface area contributed by atoms with E-state index < -0.39 is 57.9 Å². The minimum Gasteiger partial charge on any atom is -0.241 e. The van der Waals surface area contributed by atoms with Gasteiger partial charge in [0.2, 0.25) is 0 Å². The van der Waals surface area contributed by atoms with E-state index in [9.17, 15) is 47.9 Å². The van der Waals surface area contributed by atoms with Gasteiger partial charge in [0.15, 0.2) is 6.17 Å². The lowest BCUT2D eigenvalue weighted by molar-refractivity contribution is -0.413. The molecule has 0 aliphatic heterocycles. The zero-order chi connectivity index (χ0) is 22.2. The van der Waals surface area contributed by atoms with Crippen molar-refractivity contribution in [2.75, 3.05) is 0 Å². The molecule has 0 bridgehead atoms. The van der Waals surface area contributed by atoms with E-state index >= 15 is 0 Å². The number of rotatable bonds is 9. The molecule has 162 valence electrons. The fraction of sp³-hybridized carbons (Fsp3) is 0.600. The van der Waals surface area contributed by atoms with Crippen LogP contribution >= 0.6 is 0 Å². The van der Waals surface area contributed by atoms with Gasteiger partial charge in [0.25, 0.3) is 0 Å². The smallest absolute Gasteiger partial charge is 0.241 e. The topological polar surface area (TPSA) is 43.4 Å². The van der Waals surface area contributed by atoms with Crippen LogP contribution in [0.2, 0.25) is 0 Å². The van der Waals surface area contributed by atoms with E-state index in [2.05, 4.69) is 4.18 Å². The van der Waals surface area contributed by atoms with Gasteiger partial charge in [-0.15, -0.1) is 0 Å². The van der Waals surface area contributed by atoms with Crippen LogP contribution < -0.4 is 0 Å². The van der Waals surface area contributed by atoms with E-state index in [0.717, 1.165) is 19.1 Å². The molecule has 1 atom stereocenters. The highest BCUT2D eigenvalue weighted by molar-refractivity contribution is 7.86. The molecular formula is C15H15F9O3S. The molecule has 13 heteroatoms. The van der Waals surface area contributed by atoms with Crippen LogP contribution in [0.15, 0.2) is 29.2 Å². The van der Waals surface area contributed by atoms with Crippen LogP contribution in [0.5, 0.6) is 0 Å². The summed E-state index contributed by atoms with van der Waals surface area (Å²) < 4.78 is 148. The summed E-state index contributed by atoms with van der Waals surface area (Å²) >= 11 is 0. The lowest BCUT2D eigenvalue weighted by Gasteiger charge is -2.36. The quantitative estimate of drug-likeness (QED) is 0.380. The molecule has 1 unspecified atom stereocenters. The van der Waals surface area contributed by atoms with Gasteiger partial charge in [-0.3, -0.25) is 0 Å². The molecule has 0 aliphatic rings. The second-order valence-electron chi connectivity index (χ2n) is 5.90. The molecule has 0 saturated heterocycles. The first-order chi connectivity index (χ1) is 12.4. The molecular weight excluding hydrogens is 431 g/mol. The van der Waals surface area contributed by atoms with E-state index in [0.29, 0.717) is 17.7 Å². The van der Waals surface area contributed by atoms with Crippen LogP contribution in [0.1, 0.15) is 25.3 Å². The summed E-state index contributed by atoms with van der Waals surface area (Å²) in [6, 6.07) is 3.39. The zero-order valence-corrected chi connectivity index (χ0v) is 15.2. The Morgan fingerprint density at radius 2 is 1.39 bits per heavy atom. The number of aryl methyl sites for hydroxylation is 1. The molecule has 3 nitrogen and oxygen atoms in total. The van der Waals surface area contributed by atoms with Crippen molar-refractivity contribution in [1.82, 2.24) is 0 Å². The number of halogens is 9. The zero-order valence-electron chi connectivity index (χ0n) is 14.3. The summed E-state index contributed by atoms with van der Waals surface area (Å²) in [6.07, 6.45) is -12.3. The first-order valence-electron chi connectivity index (χ1n) is 7.61. The Kier molecular flexibility index (Phi) is 6.77. The van der Waals surface area contributed by atoms with Crippen molar-refractivity contribution in [3.63, 3.8) is 0 Å². The predicted octanol–water partition coefficient (Wildman–Crippen LogP) is 5.34. The first-order valence-corrected chi connectivity index (χ1v) is 9.02. The van der Waals surface area contributed by atoms with Gasteiger partial charge in [0.05, 0.1) is 4.90 Å². The van der Waals surface area contributed by atoms with Gasteiger partial charge < -0.3 is 0 Å². The van der Waals surface area contributed by atoms with Crippen LogP contribution in [-0.4, -0.2) is 38.5 Å². The van der Waals surface area contributed by atoms with Crippen LogP contribution in [0.25, 0.3) is 0 Å². The van der Waals surface area contributed by atoms with Gasteiger partial charge in [-0.1, -0.05) is 31.0 Å². The molecule has 0 saturated carbocycles. The molecule has 0 aliphatic carbocycles. The maximum atomic E-state index is 13.7. The van der Waals surface area contributed by atoms with Crippen LogP contribution in [-0.2, 0) is 14.3 Å². The van der Waals surface area contributed by atoms with Crippen LogP contribution in [0, 0.1) is 6.92 Å². The molecule has 0 heterocycles. The van der Waals surface area contributed by atoms with Crippen molar-refractivity contribution in [3.05, 3.63) is 29.8 Å². The lowest BCUT2D eigenvalue weighted by Crippen LogP contribution is -2.65. The van der Waals surface area contributed by atoms with E-state index in [1.807, 2.05) is 0 Å². The lowest BCUT2D eigenvalue weighted by atomic mass is 9.97. The number of hydrogen-bond acceptors (Lipinski definition) is 3. The average molecular weight is 446 g/mol. The molecule has 0 spiro atoms. The third-order valence-electron chi connectivity index (χ3n) is 3.64. The molecule has 0 aromatic heterocycles. The fourth-order valence-electron chi connectivity index (χ4n) is 1.97. The predicted molar refractivity (Wildman–Crippen MR) is 79.0 cm³/mol. The summed E-state index contributed by atoms with van der Waals surface area (Å²) in [5.41, 5.74) is 0.423. The minimum absolute atomic E-state index is 0.423. The van der Waals surface area contributed by atoms with E-state index in [1.54, 1.807) is 0 Å². The van der Waals surface area contributed by atoms with Gasteiger partial charge in [-0.05, 0) is 25.5 Å². The standard InChI is InChI=1S/C15H15F9O3S/c1-3-4-11(16)12(17,18)13(19,20)14(21,22)15(23,24)27-28(25,26)10-7-5-9(2)6-8-10/h5-8,11H,3-4H2,1-2H3. The Morgan fingerprint density at radius 3 is 1.82 bits per heavy atom. The summed E-state index contributed by atoms with van der Waals surface area (Å²) in [4.78, 5) is -1.11. The largest absolute Gasteiger partial charge is 0.440 e. The van der Waals surface area contributed by atoms with Crippen LogP contribution in [0.4, 0.5) is 39.5 Å². The second-order valence-corrected chi connectivity index (χ2v) is 7.44. The third kappa shape index (κ3) is 4.24. The van der Waals surface area contributed by atoms with Crippen molar-refractivity contribution in [1.29, 1.82) is 0 Å². The SMILES string of the molecule is CCCC(F)C(F)(F)C(F)(F)C(F)(F)C(F)(F)OS(=O)(=O)c1ccc(C)cc1. The van der Waals surface area contributed by atoms with Crippen molar-refractivity contribution >= 4 is 10.1 Å². The highest BCUT2D eigenvalue weighted by Crippen LogP contribution is 2.55. The molecule has 0 amide bonds. The Hall–Kier alpha value is -1.50. The highest BCUT2D eigenvalue weighted by Gasteiger charge is 2.84. The Bertz CT molecular complexity index is 776. The minimum atomic E-state index is -7.07. The summed E-state index contributed by atoms with van der Waals surface area (Å²) in [5.74, 6) is -20.3. The summed E-state index contributed by atoms with van der Waals surface area (Å²) in [7, 11) is -5.76. The van der Waals surface area contributed by atoms with Gasteiger partial charge in [-0.25, -0.2) is 4.39 Å². The van der Waals surface area contributed by atoms with Gasteiger partial charge in [0.1, 0.15) is 0 Å². The maximum Gasteiger partial charge on any atom is 0.440 e. The first kappa shape index (κ1) is 24.5. The van der Waals surface area contributed by atoms with E-state index in [4.69, 9.17) is 0 Å². The van der Waals surface area contributed by atoms with Gasteiger partial charge >= 0.3 is 34.0 Å². The van der Waals surface area contributed by atoms with Crippen molar-refractivity contribution in [3.8, 4) is 0 Å². The second kappa shape index (κ2) is 7.73. The fourth-order valence-corrected chi connectivity index (χ4v) is 2.91. The summed E-state index contributed by atoms with van der Waals surface area (Å²) in [6.45, 7) is 2.51. The van der Waals surface area contributed by atoms with Crippen molar-refractivity contribution in [2.45, 2.75) is 61.6 Å². The molecule has 1 rings (SSSR count). The van der Waals surface area contributed by atoms with E-state index in [1.165, 1.54) is 6.92 Å². The maximum absolute atomic E-state index is 13.7. The molecule has 1 aromatic carbocycles. The van der Waals surface area contributed by atoms with E-state index in [-0.39, 0.29) is 0 Å². The normalized spacial score (nSPS) is 15.5. The number of benzene rings is 1. The van der Waals surface area contributed by atoms with Gasteiger partial charge in [-0.2, -0.15) is 47.7 Å². The molecule has 0 N–H and O–H groups in total. The number of hydrogen-bond donors (Lipinski definition) is 0. The average Bonchev–Trinajstić information content (AvgIpc) is 2.53. The van der Waals surface area contributed by atoms with Crippen molar-refractivity contribution in [2.24, 2.45) is 0 Å². The molecule has 0 radical (unpaired) electrons. The highest BCUT2D eigenvalue weighted by atomic mass is 32.2. The van der Waals surface area contributed by atoms with Crippen LogP contribution in [0.3, 0.4) is 0 Å². The number of alkyl halides is 9. The Balaban J connectivity index is 3.31. The Labute approximate surface area is 154 Å². The molecule has 28 heavy (non-hydrogen) atoms. The third-order valence-corrected chi connectivity index (χ3v) is 4.92. The Morgan fingerprint density at radius 1 is 0.929 bits per heavy atom. The molecule has 1 aromatic rings. The molecule has 0 fully saturated rings. The van der Waals surface area contributed by atoms with Crippen molar-refractivity contribution < 1.29 is 52.1 Å². The summed E-state index contributed by atoms with van der Waals surface area (Å²) in [5, 5.41) is 0.